The molecule has 2 heterocycles. The van der Waals surface area contributed by atoms with Crippen molar-refractivity contribution in [2.75, 3.05) is 26.2 Å². The monoisotopic (exact) mass is 342 g/mol. The van der Waals surface area contributed by atoms with Gasteiger partial charge in [-0.1, -0.05) is 35.9 Å². The fourth-order valence-electron chi connectivity index (χ4n) is 2.88. The highest BCUT2D eigenvalue weighted by molar-refractivity contribution is 7.12. The third-order valence-corrected chi connectivity index (χ3v) is 5.26. The standard InChI is InChI=1S/C19H22N2O2S/c1-15-4-6-16(7-5-15)8-9-18(22)20-10-12-21(13-11-20)19(23)17-3-2-14-24-17/h2-7,14H,8-13H2,1H3. The van der Waals surface area contributed by atoms with Crippen LogP contribution in [0.5, 0.6) is 0 Å². The maximum Gasteiger partial charge on any atom is 0.264 e. The van der Waals surface area contributed by atoms with Crippen LogP contribution in [0, 0.1) is 6.92 Å². The highest BCUT2D eigenvalue weighted by atomic mass is 32.1. The van der Waals surface area contributed by atoms with Crippen LogP contribution >= 0.6 is 11.3 Å². The summed E-state index contributed by atoms with van der Waals surface area (Å²) in [5.41, 5.74) is 2.43. The smallest absolute Gasteiger partial charge is 0.264 e. The lowest BCUT2D eigenvalue weighted by Gasteiger charge is -2.34. The van der Waals surface area contributed by atoms with Gasteiger partial charge in [-0.25, -0.2) is 0 Å². The number of nitrogens with zero attached hydrogens (tertiary/aromatic N) is 2. The van der Waals surface area contributed by atoms with Crippen molar-refractivity contribution in [1.82, 2.24) is 9.80 Å². The molecule has 1 aromatic carbocycles. The first-order valence-corrected chi connectivity index (χ1v) is 9.17. The molecular formula is C19H22N2O2S. The molecule has 0 unspecified atom stereocenters. The van der Waals surface area contributed by atoms with Crippen LogP contribution in [0.25, 0.3) is 0 Å². The quantitative estimate of drug-likeness (QED) is 0.857. The third kappa shape index (κ3) is 4.03. The van der Waals surface area contributed by atoms with E-state index in [1.54, 1.807) is 0 Å². The Kier molecular flexibility index (Phi) is 5.30. The molecule has 1 aliphatic heterocycles. The molecule has 2 aromatic rings. The number of hydrogen-bond acceptors (Lipinski definition) is 3. The van der Waals surface area contributed by atoms with Gasteiger partial charge in [0.05, 0.1) is 4.88 Å². The Labute approximate surface area is 146 Å². The van der Waals surface area contributed by atoms with Gasteiger partial charge < -0.3 is 9.80 Å². The molecule has 0 N–H and O–H groups in total. The Morgan fingerprint density at radius 1 is 1.00 bits per heavy atom. The second-order valence-corrected chi connectivity index (χ2v) is 7.08. The summed E-state index contributed by atoms with van der Waals surface area (Å²) >= 11 is 1.47. The van der Waals surface area contributed by atoms with Crippen molar-refractivity contribution in [2.45, 2.75) is 19.8 Å². The van der Waals surface area contributed by atoms with Gasteiger partial charge in [-0.3, -0.25) is 9.59 Å². The number of amides is 2. The summed E-state index contributed by atoms with van der Waals surface area (Å²) in [5.74, 6) is 0.260. The van der Waals surface area contributed by atoms with E-state index in [0.29, 0.717) is 32.6 Å². The summed E-state index contributed by atoms with van der Waals surface area (Å²) in [4.78, 5) is 29.2. The van der Waals surface area contributed by atoms with E-state index >= 15 is 0 Å². The van der Waals surface area contributed by atoms with Gasteiger partial charge in [-0.2, -0.15) is 0 Å². The minimum absolute atomic E-state index is 0.0803. The Morgan fingerprint density at radius 2 is 1.67 bits per heavy atom. The summed E-state index contributed by atoms with van der Waals surface area (Å²) < 4.78 is 0. The van der Waals surface area contributed by atoms with E-state index in [1.165, 1.54) is 22.5 Å². The van der Waals surface area contributed by atoms with Crippen molar-refractivity contribution in [3.05, 3.63) is 57.8 Å². The zero-order valence-corrected chi connectivity index (χ0v) is 14.7. The first-order valence-electron chi connectivity index (χ1n) is 8.29. The normalized spacial score (nSPS) is 14.7. The Hall–Kier alpha value is -2.14. The number of aryl methyl sites for hydroxylation is 2. The molecule has 126 valence electrons. The Morgan fingerprint density at radius 3 is 2.29 bits per heavy atom. The molecule has 0 atom stereocenters. The van der Waals surface area contributed by atoms with Crippen LogP contribution in [0.1, 0.15) is 27.2 Å². The number of hydrogen-bond donors (Lipinski definition) is 0. The summed E-state index contributed by atoms with van der Waals surface area (Å²) in [6.07, 6.45) is 1.30. The molecule has 0 bridgehead atoms. The molecule has 1 fully saturated rings. The molecule has 5 heteroatoms. The van der Waals surface area contributed by atoms with Gasteiger partial charge in [0.1, 0.15) is 0 Å². The Bertz CT molecular complexity index is 687. The van der Waals surface area contributed by atoms with Crippen molar-refractivity contribution in [1.29, 1.82) is 0 Å². The van der Waals surface area contributed by atoms with Gasteiger partial charge in [0.2, 0.25) is 5.91 Å². The minimum atomic E-state index is 0.0803. The van der Waals surface area contributed by atoms with E-state index < -0.39 is 0 Å². The third-order valence-electron chi connectivity index (χ3n) is 4.40. The SMILES string of the molecule is Cc1ccc(CCC(=O)N2CCN(C(=O)c3cccs3)CC2)cc1. The second kappa shape index (κ2) is 7.62. The van der Waals surface area contributed by atoms with Crippen LogP contribution in [0.4, 0.5) is 0 Å². The van der Waals surface area contributed by atoms with E-state index in [0.717, 1.165) is 11.3 Å². The molecular weight excluding hydrogens is 320 g/mol. The number of piperazine rings is 1. The van der Waals surface area contributed by atoms with Crippen LogP contribution in [0.15, 0.2) is 41.8 Å². The lowest BCUT2D eigenvalue weighted by molar-refractivity contribution is -0.132. The van der Waals surface area contributed by atoms with Crippen molar-refractivity contribution in [3.63, 3.8) is 0 Å². The minimum Gasteiger partial charge on any atom is -0.339 e. The number of carbonyl (C=O) groups excluding carboxylic acids is 2. The van der Waals surface area contributed by atoms with E-state index in [9.17, 15) is 9.59 Å². The average Bonchev–Trinajstić information content (AvgIpc) is 3.15. The molecule has 2 amide bonds. The molecule has 3 rings (SSSR count). The number of benzene rings is 1. The lowest BCUT2D eigenvalue weighted by Crippen LogP contribution is -2.50. The van der Waals surface area contributed by atoms with Crippen LogP contribution < -0.4 is 0 Å². The summed E-state index contributed by atoms with van der Waals surface area (Å²) in [6.45, 7) is 4.56. The van der Waals surface area contributed by atoms with Gasteiger partial charge >= 0.3 is 0 Å². The van der Waals surface area contributed by atoms with Gasteiger partial charge in [0.15, 0.2) is 0 Å². The highest BCUT2D eigenvalue weighted by Crippen LogP contribution is 2.14. The predicted octanol–water partition coefficient (Wildman–Crippen LogP) is 2.97. The zero-order valence-electron chi connectivity index (χ0n) is 13.9. The van der Waals surface area contributed by atoms with E-state index in [1.807, 2.05) is 27.3 Å². The maximum atomic E-state index is 12.4. The molecule has 24 heavy (non-hydrogen) atoms. The molecule has 0 saturated carbocycles. The van der Waals surface area contributed by atoms with Crippen molar-refractivity contribution >= 4 is 23.2 Å². The van der Waals surface area contributed by atoms with Crippen LogP contribution in [-0.2, 0) is 11.2 Å². The fraction of sp³-hybridized carbons (Fsp3) is 0.368. The van der Waals surface area contributed by atoms with Gasteiger partial charge in [0, 0.05) is 32.6 Å². The number of carbonyl (C=O) groups is 2. The summed E-state index contributed by atoms with van der Waals surface area (Å²) in [6, 6.07) is 12.1. The van der Waals surface area contributed by atoms with Crippen LogP contribution in [-0.4, -0.2) is 47.8 Å². The van der Waals surface area contributed by atoms with Crippen molar-refractivity contribution < 1.29 is 9.59 Å². The van der Waals surface area contributed by atoms with Crippen LogP contribution in [0.3, 0.4) is 0 Å². The van der Waals surface area contributed by atoms with Crippen LogP contribution in [0.2, 0.25) is 0 Å². The Balaban J connectivity index is 1.46. The predicted molar refractivity (Wildman–Crippen MR) is 96.3 cm³/mol. The maximum absolute atomic E-state index is 12.4. The molecule has 1 aliphatic rings. The van der Waals surface area contributed by atoms with E-state index in [4.69, 9.17) is 0 Å². The highest BCUT2D eigenvalue weighted by Gasteiger charge is 2.24. The second-order valence-electron chi connectivity index (χ2n) is 6.14. The number of thiophene rings is 1. The lowest BCUT2D eigenvalue weighted by atomic mass is 10.1. The first kappa shape index (κ1) is 16.7. The average molecular weight is 342 g/mol. The van der Waals surface area contributed by atoms with Crippen molar-refractivity contribution in [3.8, 4) is 0 Å². The van der Waals surface area contributed by atoms with Gasteiger partial charge in [0.25, 0.3) is 5.91 Å². The topological polar surface area (TPSA) is 40.6 Å². The van der Waals surface area contributed by atoms with E-state index in [2.05, 4.69) is 31.2 Å². The summed E-state index contributed by atoms with van der Waals surface area (Å²) in [7, 11) is 0. The molecule has 0 spiro atoms. The van der Waals surface area contributed by atoms with Gasteiger partial charge in [-0.15, -0.1) is 11.3 Å². The molecule has 1 aromatic heterocycles. The van der Waals surface area contributed by atoms with Crippen molar-refractivity contribution in [2.24, 2.45) is 0 Å². The zero-order chi connectivity index (χ0) is 16.9. The molecule has 0 aliphatic carbocycles. The molecule has 0 radical (unpaired) electrons. The largest absolute Gasteiger partial charge is 0.339 e. The summed E-state index contributed by atoms with van der Waals surface area (Å²) in [5, 5.41) is 1.91. The molecule has 4 nitrogen and oxygen atoms in total. The first-order chi connectivity index (χ1) is 11.6. The van der Waals surface area contributed by atoms with Gasteiger partial charge in [-0.05, 0) is 30.4 Å². The van der Waals surface area contributed by atoms with E-state index in [-0.39, 0.29) is 11.8 Å². The molecule has 1 saturated heterocycles. The number of rotatable bonds is 4. The fourth-order valence-corrected chi connectivity index (χ4v) is 3.57.